The molecule has 0 aromatic heterocycles. The molecule has 0 saturated heterocycles. The summed E-state index contributed by atoms with van der Waals surface area (Å²) in [5.74, 6) is 0. The molecule has 2 nitrogen and oxygen atoms in total. The number of carbonyl (C=O) groups excluding carboxylic acids is 2. The summed E-state index contributed by atoms with van der Waals surface area (Å²) in [4.78, 5) is 17.4. The van der Waals surface area contributed by atoms with Crippen molar-refractivity contribution >= 4 is 31.2 Å². The summed E-state index contributed by atoms with van der Waals surface area (Å²) in [5.41, 5.74) is 0. The average Bonchev–Trinajstić information content (AvgIpc) is 1.70. The molecule has 0 atom stereocenters. The fraction of sp³-hybridized carbons (Fsp3) is 0.500. The summed E-state index contributed by atoms with van der Waals surface area (Å²) in [6.45, 7) is 2.64. The minimum atomic E-state index is -0.556. The molecular weight excluding hydrogens is 199 g/mol. The predicted molar refractivity (Wildman–Crippen MR) is 34.4 cm³/mol. The molecule has 0 bridgehead atoms. The molecule has 0 N–H and O–H groups in total. The standard InChI is InChI=1S/2C2H3O.2ClH.Ti/c2*1-2-3;;;/h2*1H3;2*1H;/q2*-1;;;+2/p-2. The third-order valence-electron chi connectivity index (χ3n) is 0. The summed E-state index contributed by atoms with van der Waals surface area (Å²) in [6.07, 6.45) is 3.00. The van der Waals surface area contributed by atoms with Crippen LogP contribution in [0.25, 0.3) is 0 Å². The third kappa shape index (κ3) is 945. The summed E-state index contributed by atoms with van der Waals surface area (Å²) in [7, 11) is 9.78. The molecule has 0 saturated carbocycles. The van der Waals surface area contributed by atoms with E-state index >= 15 is 0 Å². The van der Waals surface area contributed by atoms with Gasteiger partial charge >= 0.3 is 35.6 Å². The van der Waals surface area contributed by atoms with Gasteiger partial charge in [0.25, 0.3) is 0 Å². The van der Waals surface area contributed by atoms with Crippen molar-refractivity contribution in [1.29, 1.82) is 0 Å². The molecule has 0 aromatic carbocycles. The van der Waals surface area contributed by atoms with Gasteiger partial charge in [-0.3, -0.25) is 12.6 Å². The normalized spacial score (nSPS) is 4.44. The SMILES string of the molecule is C[C-]=O.C[C-]=O.[Cl][Ti][Cl]. The van der Waals surface area contributed by atoms with Crippen LogP contribution in [0.15, 0.2) is 0 Å². The van der Waals surface area contributed by atoms with Crippen LogP contribution < -0.4 is 0 Å². The first-order chi connectivity index (χ1) is 4.24. The van der Waals surface area contributed by atoms with Gasteiger partial charge in [0.2, 0.25) is 0 Å². The Labute approximate surface area is 71.6 Å². The van der Waals surface area contributed by atoms with Gasteiger partial charge in [0.1, 0.15) is 0 Å². The minimum absolute atomic E-state index is 0.556. The van der Waals surface area contributed by atoms with E-state index in [-0.39, 0.29) is 0 Å². The van der Waals surface area contributed by atoms with Gasteiger partial charge in [-0.05, 0) is 0 Å². The Morgan fingerprint density at radius 1 is 1.11 bits per heavy atom. The molecule has 0 heterocycles. The Balaban J connectivity index is -0.0000000600. The Morgan fingerprint density at radius 3 is 1.11 bits per heavy atom. The Bertz CT molecular complexity index is 45.8. The zero-order valence-corrected chi connectivity index (χ0v) is 8.15. The van der Waals surface area contributed by atoms with Crippen LogP contribution in [0.2, 0.25) is 0 Å². The molecule has 0 aromatic rings. The van der Waals surface area contributed by atoms with Crippen LogP contribution in [0, 0.1) is 0 Å². The Kier molecular flexibility index (Phi) is 69.1. The van der Waals surface area contributed by atoms with Gasteiger partial charge in [-0.1, -0.05) is 0 Å². The zero-order chi connectivity index (χ0) is 8.12. The fourth-order valence-electron chi connectivity index (χ4n) is 0. The van der Waals surface area contributed by atoms with Crippen molar-refractivity contribution in [3.8, 4) is 0 Å². The summed E-state index contributed by atoms with van der Waals surface area (Å²) in [6, 6.07) is 0. The van der Waals surface area contributed by atoms with Crippen LogP contribution >= 0.6 is 18.6 Å². The molecule has 0 spiro atoms. The topological polar surface area (TPSA) is 34.1 Å². The van der Waals surface area contributed by atoms with Crippen molar-refractivity contribution in [3.05, 3.63) is 0 Å². The van der Waals surface area contributed by atoms with Gasteiger partial charge in [0, 0.05) is 0 Å². The molecule has 0 fully saturated rings. The second-order valence-corrected chi connectivity index (χ2v) is 3.06. The van der Waals surface area contributed by atoms with Crippen molar-refractivity contribution < 1.29 is 26.6 Å². The van der Waals surface area contributed by atoms with E-state index in [0.717, 1.165) is 0 Å². The van der Waals surface area contributed by atoms with Gasteiger partial charge in [0.15, 0.2) is 0 Å². The van der Waals surface area contributed by atoms with E-state index in [1.165, 1.54) is 26.4 Å². The van der Waals surface area contributed by atoms with Gasteiger partial charge in [-0.25, -0.2) is 0 Å². The van der Waals surface area contributed by atoms with E-state index in [0.29, 0.717) is 0 Å². The van der Waals surface area contributed by atoms with Gasteiger partial charge in [-0.2, -0.15) is 13.8 Å². The van der Waals surface area contributed by atoms with Crippen LogP contribution in [0.3, 0.4) is 0 Å². The molecule has 5 heteroatoms. The molecule has 0 aliphatic carbocycles. The van der Waals surface area contributed by atoms with Gasteiger partial charge < -0.3 is 9.59 Å². The molecule has 54 valence electrons. The molecule has 0 unspecified atom stereocenters. The molecule has 9 heavy (non-hydrogen) atoms. The summed E-state index contributed by atoms with van der Waals surface area (Å²) < 4.78 is 0. The van der Waals surface area contributed by atoms with E-state index in [2.05, 4.69) is 0 Å². The fourth-order valence-corrected chi connectivity index (χ4v) is 0. The van der Waals surface area contributed by atoms with Gasteiger partial charge in [0.05, 0.1) is 0 Å². The van der Waals surface area contributed by atoms with E-state index in [9.17, 15) is 0 Å². The van der Waals surface area contributed by atoms with Crippen molar-refractivity contribution in [2.24, 2.45) is 0 Å². The first-order valence-corrected chi connectivity index (χ1v) is 6.08. The van der Waals surface area contributed by atoms with Crippen LogP contribution in [0.4, 0.5) is 0 Å². The average molecular weight is 205 g/mol. The first kappa shape index (κ1) is 16.3. The van der Waals surface area contributed by atoms with Gasteiger partial charge in [-0.15, -0.1) is 0 Å². The number of rotatable bonds is 0. The molecule has 0 rings (SSSR count). The predicted octanol–water partition coefficient (Wildman–Crippen LogP) is 1.61. The maximum atomic E-state index is 8.68. The summed E-state index contributed by atoms with van der Waals surface area (Å²) in [5, 5.41) is 0. The first-order valence-electron chi connectivity index (χ1n) is 1.79. The zero-order valence-electron chi connectivity index (χ0n) is 5.07. The van der Waals surface area contributed by atoms with Crippen molar-refractivity contribution in [2.45, 2.75) is 13.8 Å². The van der Waals surface area contributed by atoms with E-state index < -0.39 is 17.0 Å². The quantitative estimate of drug-likeness (QED) is 0.444. The second kappa shape index (κ2) is 38.1. The maximum absolute atomic E-state index is 8.68. The Morgan fingerprint density at radius 2 is 1.11 bits per heavy atom. The van der Waals surface area contributed by atoms with Crippen LogP contribution in [0.1, 0.15) is 13.8 Å². The molecular formula is C4H6Cl2O2Ti-2. The Hall–Kier alpha value is 0.634. The molecule has 0 aliphatic heterocycles. The van der Waals surface area contributed by atoms with Crippen LogP contribution in [-0.4, -0.2) is 12.6 Å². The van der Waals surface area contributed by atoms with Crippen molar-refractivity contribution in [2.75, 3.05) is 0 Å². The van der Waals surface area contributed by atoms with E-state index in [4.69, 9.17) is 28.2 Å². The monoisotopic (exact) mass is 204 g/mol. The molecule has 0 amide bonds. The number of halogens is 2. The third-order valence-corrected chi connectivity index (χ3v) is 0. The van der Waals surface area contributed by atoms with E-state index in [1.54, 1.807) is 0 Å². The van der Waals surface area contributed by atoms with Crippen molar-refractivity contribution in [3.63, 3.8) is 0 Å². The van der Waals surface area contributed by atoms with E-state index in [1.807, 2.05) is 0 Å². The van der Waals surface area contributed by atoms with Crippen molar-refractivity contribution in [1.82, 2.24) is 0 Å². The summed E-state index contributed by atoms with van der Waals surface area (Å²) >= 11 is -0.556. The van der Waals surface area contributed by atoms with Crippen LogP contribution in [-0.2, 0) is 26.6 Å². The second-order valence-electron chi connectivity index (χ2n) is 0.480. The number of hydrogen-bond acceptors (Lipinski definition) is 2. The van der Waals surface area contributed by atoms with Crippen LogP contribution in [0.5, 0.6) is 0 Å². The molecule has 0 radical (unpaired) electrons. The number of hydrogen-bond donors (Lipinski definition) is 0. The molecule has 0 aliphatic rings.